The Morgan fingerprint density at radius 3 is 2.62 bits per heavy atom. The molecule has 1 aromatic rings. The summed E-state index contributed by atoms with van der Waals surface area (Å²) in [6, 6.07) is 7.37. The van der Waals surface area contributed by atoms with Gasteiger partial charge in [0.25, 0.3) is 0 Å². The predicted molar refractivity (Wildman–Crippen MR) is 51.7 cm³/mol. The second kappa shape index (κ2) is 4.92. The van der Waals surface area contributed by atoms with Crippen molar-refractivity contribution in [2.45, 2.75) is 0 Å². The molecule has 0 amide bonds. The van der Waals surface area contributed by atoms with Gasteiger partial charge in [-0.25, -0.2) is 0 Å². The van der Waals surface area contributed by atoms with E-state index in [2.05, 4.69) is 22.3 Å². The van der Waals surface area contributed by atoms with Crippen LogP contribution in [0.5, 0.6) is 5.75 Å². The third-order valence-electron chi connectivity index (χ3n) is 1.41. The lowest BCUT2D eigenvalue weighted by Crippen LogP contribution is -1.86. The minimum absolute atomic E-state index is 0.811. The van der Waals surface area contributed by atoms with Crippen molar-refractivity contribution in [2.75, 3.05) is 12.5 Å². The zero-order valence-corrected chi connectivity index (χ0v) is 7.40. The van der Waals surface area contributed by atoms with E-state index in [0.29, 0.717) is 0 Å². The Hall–Kier alpha value is -1.84. The first-order valence-corrected chi connectivity index (χ1v) is 3.77. The van der Waals surface area contributed by atoms with Crippen LogP contribution in [-0.2, 0) is 0 Å². The van der Waals surface area contributed by atoms with Gasteiger partial charge in [-0.15, -0.1) is 5.11 Å². The molecule has 0 atom stereocenters. The van der Waals surface area contributed by atoms with Crippen LogP contribution < -0.4 is 10.2 Å². The molecular formula is C9H11N3O. The Bertz CT molecular complexity index is 292. The van der Waals surface area contributed by atoms with Gasteiger partial charge in [0.15, 0.2) is 0 Å². The van der Waals surface area contributed by atoms with Crippen LogP contribution in [0.3, 0.4) is 0 Å². The van der Waals surface area contributed by atoms with E-state index in [9.17, 15) is 0 Å². The first-order valence-electron chi connectivity index (χ1n) is 3.77. The zero-order chi connectivity index (χ0) is 9.52. The SMILES string of the molecule is C=CN=NNc1ccc(OC)cc1. The molecule has 0 fully saturated rings. The van der Waals surface area contributed by atoms with Gasteiger partial charge >= 0.3 is 0 Å². The van der Waals surface area contributed by atoms with E-state index in [0.717, 1.165) is 11.4 Å². The number of ether oxygens (including phenoxy) is 1. The minimum Gasteiger partial charge on any atom is -0.497 e. The number of nitrogens with one attached hydrogen (secondary N) is 1. The largest absolute Gasteiger partial charge is 0.497 e. The maximum atomic E-state index is 5.00. The van der Waals surface area contributed by atoms with Gasteiger partial charge < -0.3 is 4.74 Å². The van der Waals surface area contributed by atoms with Crippen molar-refractivity contribution >= 4 is 5.69 Å². The van der Waals surface area contributed by atoms with E-state index in [-0.39, 0.29) is 0 Å². The highest BCUT2D eigenvalue weighted by atomic mass is 16.5. The molecule has 0 aliphatic rings. The molecule has 4 heteroatoms. The topological polar surface area (TPSA) is 46.0 Å². The second-order valence-corrected chi connectivity index (χ2v) is 2.24. The summed E-state index contributed by atoms with van der Waals surface area (Å²) < 4.78 is 5.00. The molecule has 1 N–H and O–H groups in total. The first-order chi connectivity index (χ1) is 6.36. The normalized spacial score (nSPS) is 9.92. The molecule has 0 radical (unpaired) electrons. The minimum atomic E-state index is 0.811. The fourth-order valence-corrected chi connectivity index (χ4v) is 0.793. The number of nitrogens with zero attached hydrogens (tertiary/aromatic N) is 2. The highest BCUT2D eigenvalue weighted by Gasteiger charge is 1.90. The van der Waals surface area contributed by atoms with E-state index >= 15 is 0 Å². The summed E-state index contributed by atoms with van der Waals surface area (Å²) in [7, 11) is 1.62. The van der Waals surface area contributed by atoms with Crippen LogP contribution in [-0.4, -0.2) is 7.11 Å². The summed E-state index contributed by atoms with van der Waals surface area (Å²) in [6.45, 7) is 3.40. The van der Waals surface area contributed by atoms with Crippen molar-refractivity contribution in [1.82, 2.24) is 0 Å². The lowest BCUT2D eigenvalue weighted by atomic mass is 10.3. The van der Waals surface area contributed by atoms with E-state index in [1.165, 1.54) is 6.20 Å². The molecule has 0 heterocycles. The van der Waals surface area contributed by atoms with Crippen molar-refractivity contribution in [1.29, 1.82) is 0 Å². The highest BCUT2D eigenvalue weighted by molar-refractivity contribution is 5.45. The smallest absolute Gasteiger partial charge is 0.119 e. The van der Waals surface area contributed by atoms with Crippen molar-refractivity contribution in [3.63, 3.8) is 0 Å². The molecule has 4 nitrogen and oxygen atoms in total. The average Bonchev–Trinajstić information content (AvgIpc) is 2.19. The molecule has 0 spiro atoms. The summed E-state index contributed by atoms with van der Waals surface area (Å²) >= 11 is 0. The fraction of sp³-hybridized carbons (Fsp3) is 0.111. The number of hydrogen-bond donors (Lipinski definition) is 1. The first kappa shape index (κ1) is 9.25. The van der Waals surface area contributed by atoms with Gasteiger partial charge in [-0.2, -0.15) is 0 Å². The maximum absolute atomic E-state index is 5.00. The van der Waals surface area contributed by atoms with Gasteiger partial charge in [0.2, 0.25) is 0 Å². The molecular weight excluding hydrogens is 166 g/mol. The summed E-state index contributed by atoms with van der Waals surface area (Å²) in [6.07, 6.45) is 1.36. The van der Waals surface area contributed by atoms with Gasteiger partial charge in [0.05, 0.1) is 12.8 Å². The van der Waals surface area contributed by atoms with Crippen LogP contribution in [0.15, 0.2) is 47.4 Å². The van der Waals surface area contributed by atoms with Gasteiger partial charge in [0.1, 0.15) is 5.75 Å². The maximum Gasteiger partial charge on any atom is 0.119 e. The van der Waals surface area contributed by atoms with Gasteiger partial charge in [0, 0.05) is 6.20 Å². The Kier molecular flexibility index (Phi) is 3.50. The number of methoxy groups -OCH3 is 1. The number of benzene rings is 1. The average molecular weight is 177 g/mol. The van der Waals surface area contributed by atoms with E-state index in [4.69, 9.17) is 4.74 Å². The number of hydrogen-bond acceptors (Lipinski definition) is 3. The quantitative estimate of drug-likeness (QED) is 0.567. The summed E-state index contributed by atoms with van der Waals surface area (Å²) in [5.41, 5.74) is 3.58. The summed E-state index contributed by atoms with van der Waals surface area (Å²) in [4.78, 5) is 0. The second-order valence-electron chi connectivity index (χ2n) is 2.24. The molecule has 0 bridgehead atoms. The van der Waals surface area contributed by atoms with E-state index in [1.807, 2.05) is 24.3 Å². The van der Waals surface area contributed by atoms with Crippen LogP contribution >= 0.6 is 0 Å². The van der Waals surface area contributed by atoms with E-state index in [1.54, 1.807) is 7.11 Å². The van der Waals surface area contributed by atoms with Crippen molar-refractivity contribution in [3.05, 3.63) is 37.0 Å². The summed E-state index contributed by atoms with van der Waals surface area (Å²) in [5, 5.41) is 7.19. The lowest BCUT2D eigenvalue weighted by molar-refractivity contribution is 0.415. The third-order valence-corrected chi connectivity index (χ3v) is 1.41. The van der Waals surface area contributed by atoms with Gasteiger partial charge in [-0.3, -0.25) is 5.43 Å². The van der Waals surface area contributed by atoms with Crippen LogP contribution in [0.4, 0.5) is 5.69 Å². The Balaban J connectivity index is 2.58. The van der Waals surface area contributed by atoms with Crippen LogP contribution in [0, 0.1) is 0 Å². The summed E-state index contributed by atoms with van der Waals surface area (Å²) in [5.74, 6) is 0.811. The third kappa shape index (κ3) is 2.94. The zero-order valence-electron chi connectivity index (χ0n) is 7.40. The Morgan fingerprint density at radius 2 is 2.08 bits per heavy atom. The molecule has 1 rings (SSSR count). The Labute approximate surface area is 76.9 Å². The van der Waals surface area contributed by atoms with Crippen LogP contribution in [0.1, 0.15) is 0 Å². The van der Waals surface area contributed by atoms with Gasteiger partial charge in [-0.1, -0.05) is 11.8 Å². The molecule has 0 saturated heterocycles. The molecule has 0 aliphatic carbocycles. The fourth-order valence-electron chi connectivity index (χ4n) is 0.793. The molecule has 0 unspecified atom stereocenters. The van der Waals surface area contributed by atoms with E-state index < -0.39 is 0 Å². The van der Waals surface area contributed by atoms with Crippen LogP contribution in [0.25, 0.3) is 0 Å². The standard InChI is InChI=1S/C9H11N3O/c1-3-10-12-11-8-4-6-9(13-2)7-5-8/h3-7H,1H2,2H3,(H,10,11). The van der Waals surface area contributed by atoms with Crippen molar-refractivity contribution in [3.8, 4) is 5.75 Å². The molecule has 68 valence electrons. The van der Waals surface area contributed by atoms with Crippen molar-refractivity contribution in [2.24, 2.45) is 10.3 Å². The number of rotatable bonds is 4. The van der Waals surface area contributed by atoms with Gasteiger partial charge in [-0.05, 0) is 24.3 Å². The predicted octanol–water partition coefficient (Wildman–Crippen LogP) is 2.62. The number of anilines is 1. The monoisotopic (exact) mass is 177 g/mol. The molecule has 13 heavy (non-hydrogen) atoms. The molecule has 0 saturated carbocycles. The van der Waals surface area contributed by atoms with Crippen LogP contribution in [0.2, 0.25) is 0 Å². The van der Waals surface area contributed by atoms with Crippen molar-refractivity contribution < 1.29 is 4.74 Å². The molecule has 0 aromatic heterocycles. The lowest BCUT2D eigenvalue weighted by Gasteiger charge is -2.00. The Morgan fingerprint density at radius 1 is 1.38 bits per heavy atom. The highest BCUT2D eigenvalue weighted by Crippen LogP contribution is 2.14. The molecule has 0 aliphatic heterocycles. The molecule has 1 aromatic carbocycles.